The van der Waals surface area contributed by atoms with Crippen molar-refractivity contribution in [1.29, 1.82) is 0 Å². The van der Waals surface area contributed by atoms with Gasteiger partial charge in [0.15, 0.2) is 5.82 Å². The Kier molecular flexibility index (Phi) is 4.34. The molecule has 2 amide bonds. The zero-order chi connectivity index (χ0) is 16.5. The molecule has 1 aliphatic rings. The van der Waals surface area contributed by atoms with Crippen molar-refractivity contribution in [2.45, 2.75) is 45.4 Å². The van der Waals surface area contributed by atoms with E-state index in [0.29, 0.717) is 12.4 Å². The maximum absolute atomic E-state index is 12.7. The van der Waals surface area contributed by atoms with Crippen molar-refractivity contribution in [3.05, 3.63) is 23.9 Å². The largest absolute Gasteiger partial charge is 0.325 e. The van der Waals surface area contributed by atoms with Gasteiger partial charge in [-0.3, -0.25) is 4.90 Å². The molecule has 0 saturated carbocycles. The van der Waals surface area contributed by atoms with E-state index < -0.39 is 8.07 Å². The van der Waals surface area contributed by atoms with Crippen LogP contribution in [0.1, 0.15) is 25.8 Å². The van der Waals surface area contributed by atoms with E-state index in [1.54, 1.807) is 16.0 Å². The number of amides is 2. The van der Waals surface area contributed by atoms with Gasteiger partial charge in [0.05, 0.1) is 5.56 Å². The first-order valence-electron chi connectivity index (χ1n) is 7.65. The normalized spacial score (nSPS) is 18.0. The van der Waals surface area contributed by atoms with E-state index >= 15 is 0 Å². The standard InChI is InChI=1S/C17H25N3OSi/c1-17(2)10-12-20(16(21)19(17)3)15-14(8-7-11-18-15)9-13-22(4,5)6/h7-8,11H,10,12H2,1-6H3. The summed E-state index contributed by atoms with van der Waals surface area (Å²) in [5, 5.41) is 0. The molecule has 1 aromatic rings. The molecular formula is C17H25N3OSi. The van der Waals surface area contributed by atoms with Crippen LogP contribution in [0.4, 0.5) is 10.6 Å². The van der Waals surface area contributed by atoms with E-state index in [1.807, 2.05) is 19.2 Å². The fourth-order valence-corrected chi connectivity index (χ4v) is 2.76. The molecule has 5 heteroatoms. The number of rotatable bonds is 1. The molecule has 2 heterocycles. The minimum Gasteiger partial charge on any atom is -0.322 e. The number of carbonyl (C=O) groups excluding carboxylic acids is 1. The van der Waals surface area contributed by atoms with E-state index in [-0.39, 0.29) is 11.6 Å². The van der Waals surface area contributed by atoms with Gasteiger partial charge in [0.2, 0.25) is 0 Å². The first-order chi connectivity index (χ1) is 10.1. The lowest BCUT2D eigenvalue weighted by Crippen LogP contribution is -2.58. The molecule has 22 heavy (non-hydrogen) atoms. The fraction of sp³-hybridized carbons (Fsp3) is 0.529. The minimum atomic E-state index is -1.47. The molecule has 0 unspecified atom stereocenters. The Morgan fingerprint density at radius 3 is 2.64 bits per heavy atom. The number of anilines is 1. The Hall–Kier alpha value is -1.80. The maximum Gasteiger partial charge on any atom is 0.325 e. The van der Waals surface area contributed by atoms with Crippen LogP contribution in [0.25, 0.3) is 0 Å². The lowest BCUT2D eigenvalue weighted by Gasteiger charge is -2.44. The van der Waals surface area contributed by atoms with Crippen LogP contribution in [-0.2, 0) is 0 Å². The van der Waals surface area contributed by atoms with Gasteiger partial charge < -0.3 is 4.90 Å². The predicted octanol–water partition coefficient (Wildman–Crippen LogP) is 3.35. The second-order valence-corrected chi connectivity index (χ2v) is 12.2. The summed E-state index contributed by atoms with van der Waals surface area (Å²) in [7, 11) is 0.383. The Morgan fingerprint density at radius 1 is 1.32 bits per heavy atom. The number of aromatic nitrogens is 1. The molecule has 0 spiro atoms. The third-order valence-corrected chi connectivity index (χ3v) is 4.86. The van der Waals surface area contributed by atoms with Crippen molar-refractivity contribution in [1.82, 2.24) is 9.88 Å². The maximum atomic E-state index is 12.7. The van der Waals surface area contributed by atoms with Crippen molar-refractivity contribution >= 4 is 19.9 Å². The number of urea groups is 1. The molecule has 2 rings (SSSR count). The quantitative estimate of drug-likeness (QED) is 0.588. The van der Waals surface area contributed by atoms with E-state index in [1.165, 1.54) is 0 Å². The summed E-state index contributed by atoms with van der Waals surface area (Å²) >= 11 is 0. The lowest BCUT2D eigenvalue weighted by molar-refractivity contribution is 0.140. The van der Waals surface area contributed by atoms with Gasteiger partial charge >= 0.3 is 6.03 Å². The molecule has 1 saturated heterocycles. The predicted molar refractivity (Wildman–Crippen MR) is 93.7 cm³/mol. The van der Waals surface area contributed by atoms with Crippen molar-refractivity contribution < 1.29 is 4.79 Å². The van der Waals surface area contributed by atoms with E-state index in [0.717, 1.165) is 12.0 Å². The van der Waals surface area contributed by atoms with Crippen LogP contribution in [0.5, 0.6) is 0 Å². The van der Waals surface area contributed by atoms with Crippen molar-refractivity contribution in [2.75, 3.05) is 18.5 Å². The molecule has 118 valence electrons. The molecule has 0 aliphatic carbocycles. The van der Waals surface area contributed by atoms with Crippen LogP contribution < -0.4 is 4.90 Å². The SMILES string of the molecule is CN1C(=O)N(c2ncccc2C#C[Si](C)(C)C)CCC1(C)C. The van der Waals surface area contributed by atoms with E-state index in [2.05, 4.69) is 49.9 Å². The van der Waals surface area contributed by atoms with Crippen LogP contribution in [0.3, 0.4) is 0 Å². The monoisotopic (exact) mass is 315 g/mol. The summed E-state index contributed by atoms with van der Waals surface area (Å²) in [6, 6.07) is 3.81. The smallest absolute Gasteiger partial charge is 0.322 e. The van der Waals surface area contributed by atoms with Gasteiger partial charge in [0.25, 0.3) is 0 Å². The Bertz CT molecular complexity index is 637. The van der Waals surface area contributed by atoms with Gasteiger partial charge in [-0.1, -0.05) is 25.6 Å². The van der Waals surface area contributed by atoms with Gasteiger partial charge in [-0.25, -0.2) is 9.78 Å². The van der Waals surface area contributed by atoms with Crippen molar-refractivity contribution in [3.8, 4) is 11.5 Å². The summed E-state index contributed by atoms with van der Waals surface area (Å²) in [6.45, 7) is 11.5. The lowest BCUT2D eigenvalue weighted by atomic mass is 9.96. The van der Waals surface area contributed by atoms with Crippen molar-refractivity contribution in [3.63, 3.8) is 0 Å². The van der Waals surface area contributed by atoms with Gasteiger partial charge in [0, 0.05) is 25.3 Å². The zero-order valence-electron chi connectivity index (χ0n) is 14.4. The summed E-state index contributed by atoms with van der Waals surface area (Å²) in [5.41, 5.74) is 4.08. The summed E-state index contributed by atoms with van der Waals surface area (Å²) in [6.07, 6.45) is 2.63. The average Bonchev–Trinajstić information content (AvgIpc) is 2.43. The summed E-state index contributed by atoms with van der Waals surface area (Å²) < 4.78 is 0. The van der Waals surface area contributed by atoms with E-state index in [9.17, 15) is 4.79 Å². The Balaban J connectivity index is 2.38. The molecule has 4 nitrogen and oxygen atoms in total. The number of hydrogen-bond acceptors (Lipinski definition) is 2. The molecule has 0 atom stereocenters. The number of carbonyl (C=O) groups is 1. The van der Waals surface area contributed by atoms with Gasteiger partial charge in [-0.15, -0.1) is 5.54 Å². The van der Waals surface area contributed by atoms with Crippen LogP contribution in [-0.4, -0.2) is 43.1 Å². The fourth-order valence-electron chi connectivity index (χ4n) is 2.25. The summed E-state index contributed by atoms with van der Waals surface area (Å²) in [5.74, 6) is 3.92. The molecule has 0 bridgehead atoms. The van der Waals surface area contributed by atoms with Gasteiger partial charge in [-0.05, 0) is 32.4 Å². The van der Waals surface area contributed by atoms with Crippen LogP contribution in [0.15, 0.2) is 18.3 Å². The Morgan fingerprint density at radius 2 is 2.00 bits per heavy atom. The molecular weight excluding hydrogens is 290 g/mol. The highest BCUT2D eigenvalue weighted by Crippen LogP contribution is 2.28. The van der Waals surface area contributed by atoms with Crippen LogP contribution in [0, 0.1) is 11.5 Å². The molecule has 1 fully saturated rings. The highest BCUT2D eigenvalue weighted by molar-refractivity contribution is 6.83. The average molecular weight is 315 g/mol. The second-order valence-electron chi connectivity index (χ2n) is 7.43. The second kappa shape index (κ2) is 5.77. The number of nitrogens with zero attached hydrogens (tertiary/aromatic N) is 3. The highest BCUT2D eigenvalue weighted by atomic mass is 28.3. The molecule has 0 radical (unpaired) electrons. The van der Waals surface area contributed by atoms with Crippen LogP contribution in [0.2, 0.25) is 19.6 Å². The summed E-state index contributed by atoms with van der Waals surface area (Å²) in [4.78, 5) is 20.6. The number of hydrogen-bond donors (Lipinski definition) is 0. The van der Waals surface area contributed by atoms with E-state index in [4.69, 9.17) is 0 Å². The molecule has 0 N–H and O–H groups in total. The van der Waals surface area contributed by atoms with Crippen molar-refractivity contribution in [2.24, 2.45) is 0 Å². The zero-order valence-corrected chi connectivity index (χ0v) is 15.4. The molecule has 0 aromatic carbocycles. The molecule has 1 aliphatic heterocycles. The highest BCUT2D eigenvalue weighted by Gasteiger charge is 2.37. The first kappa shape index (κ1) is 16.6. The van der Waals surface area contributed by atoms with Crippen LogP contribution >= 0.6 is 0 Å². The van der Waals surface area contributed by atoms with Gasteiger partial charge in [-0.2, -0.15) is 0 Å². The topological polar surface area (TPSA) is 36.4 Å². The Labute approximate surface area is 134 Å². The van der Waals surface area contributed by atoms with Gasteiger partial charge in [0.1, 0.15) is 8.07 Å². The third kappa shape index (κ3) is 3.50. The third-order valence-electron chi connectivity index (χ3n) is 3.99. The number of pyridine rings is 1. The first-order valence-corrected chi connectivity index (χ1v) is 11.2. The molecule has 1 aromatic heterocycles. The minimum absolute atomic E-state index is 0.00833.